The number of carbonyl (C=O) groups excluding carboxylic acids is 1. The van der Waals surface area contributed by atoms with Crippen LogP contribution in [-0.2, 0) is 24.1 Å². The number of fused-ring (bicyclic) bond motifs is 1. The van der Waals surface area contributed by atoms with Crippen molar-refractivity contribution in [1.82, 2.24) is 9.78 Å². The van der Waals surface area contributed by atoms with Crippen LogP contribution in [0.5, 0.6) is 0 Å². The van der Waals surface area contributed by atoms with Crippen LogP contribution in [0.2, 0.25) is 10.0 Å². The lowest BCUT2D eigenvalue weighted by Crippen LogP contribution is -2.21. The number of hydrogen-bond acceptors (Lipinski definition) is 5. The molecule has 3 aromatic rings. The average molecular weight is 602 g/mol. The number of hydrogen-bond donors (Lipinski definition) is 2. The molecule has 0 unspecified atom stereocenters. The number of nitrogens with zero attached hydrogens (tertiary/aromatic N) is 2. The highest BCUT2D eigenvalue weighted by Gasteiger charge is 2.26. The number of anilines is 2. The molecule has 1 aliphatic rings. The van der Waals surface area contributed by atoms with Gasteiger partial charge < -0.3 is 15.4 Å². The van der Waals surface area contributed by atoms with Crippen molar-refractivity contribution in [2.45, 2.75) is 45.6 Å². The molecule has 0 saturated heterocycles. The summed E-state index contributed by atoms with van der Waals surface area (Å²) in [5.74, 6) is 0.246. The molecule has 180 valence electrons. The minimum Gasteiger partial charge on any atom is -0.462 e. The van der Waals surface area contributed by atoms with Gasteiger partial charge in [-0.1, -0.05) is 35.7 Å². The normalized spacial score (nSPS) is 13.2. The Morgan fingerprint density at radius 3 is 2.82 bits per heavy atom. The molecule has 6 nitrogen and oxygen atoms in total. The van der Waals surface area contributed by atoms with Gasteiger partial charge in [0.2, 0.25) is 0 Å². The molecule has 0 aliphatic heterocycles. The van der Waals surface area contributed by atoms with E-state index in [9.17, 15) is 4.79 Å². The van der Waals surface area contributed by atoms with Crippen LogP contribution in [0.1, 0.15) is 52.5 Å². The summed E-state index contributed by atoms with van der Waals surface area (Å²) in [5, 5.41) is 13.1. The zero-order chi connectivity index (χ0) is 24.2. The molecular formula is C23H23BrCl2N4O2S2. The number of halogens is 3. The molecule has 2 aromatic heterocycles. The Kier molecular flexibility index (Phi) is 8.52. The highest BCUT2D eigenvalue weighted by atomic mass is 79.9. The van der Waals surface area contributed by atoms with Gasteiger partial charge in [-0.25, -0.2) is 4.79 Å². The van der Waals surface area contributed by atoms with Crippen molar-refractivity contribution < 1.29 is 9.53 Å². The number of aryl methyl sites for hydroxylation is 1. The first kappa shape index (κ1) is 25.4. The Bertz CT molecular complexity index is 1230. The summed E-state index contributed by atoms with van der Waals surface area (Å²) < 4.78 is 7.85. The maximum atomic E-state index is 12.8. The molecule has 0 saturated carbocycles. The lowest BCUT2D eigenvalue weighted by Gasteiger charge is -2.11. The van der Waals surface area contributed by atoms with Gasteiger partial charge in [-0.05, 0) is 84.0 Å². The summed E-state index contributed by atoms with van der Waals surface area (Å²) >= 11 is 23.0. The zero-order valence-corrected chi connectivity index (χ0v) is 23.2. The number of benzene rings is 1. The highest BCUT2D eigenvalue weighted by molar-refractivity contribution is 9.10. The summed E-state index contributed by atoms with van der Waals surface area (Å²) in [6, 6.07) is 5.37. The van der Waals surface area contributed by atoms with Gasteiger partial charge in [-0.3, -0.25) is 4.68 Å². The maximum Gasteiger partial charge on any atom is 0.341 e. The summed E-state index contributed by atoms with van der Waals surface area (Å²) in [4.78, 5) is 14.0. The number of thiocarbonyl (C=S) groups is 1. The summed E-state index contributed by atoms with van der Waals surface area (Å²) in [7, 11) is 0. The van der Waals surface area contributed by atoms with E-state index in [0.717, 1.165) is 41.3 Å². The van der Waals surface area contributed by atoms with E-state index < -0.39 is 0 Å². The zero-order valence-electron chi connectivity index (χ0n) is 18.4. The van der Waals surface area contributed by atoms with Gasteiger partial charge in [0.15, 0.2) is 10.9 Å². The first-order valence-electron chi connectivity index (χ1n) is 10.9. The van der Waals surface area contributed by atoms with E-state index in [2.05, 4.69) is 31.7 Å². The van der Waals surface area contributed by atoms with E-state index in [-0.39, 0.29) is 5.97 Å². The quantitative estimate of drug-likeness (QED) is 0.175. The molecule has 0 radical (unpaired) electrons. The topological polar surface area (TPSA) is 68.2 Å². The van der Waals surface area contributed by atoms with Gasteiger partial charge in [0.1, 0.15) is 5.00 Å². The Hall–Kier alpha value is -1.65. The van der Waals surface area contributed by atoms with Crippen LogP contribution in [0.4, 0.5) is 10.8 Å². The van der Waals surface area contributed by atoms with Gasteiger partial charge in [0.05, 0.1) is 23.2 Å². The Labute approximate surface area is 226 Å². The van der Waals surface area contributed by atoms with Crippen LogP contribution in [0.15, 0.2) is 28.9 Å². The van der Waals surface area contributed by atoms with Crippen molar-refractivity contribution in [2.75, 3.05) is 17.2 Å². The van der Waals surface area contributed by atoms with Gasteiger partial charge in [0, 0.05) is 21.1 Å². The number of esters is 1. The minimum atomic E-state index is -0.308. The smallest absolute Gasteiger partial charge is 0.341 e. The second-order valence-electron chi connectivity index (χ2n) is 7.83. The fourth-order valence-corrected chi connectivity index (χ4v) is 6.31. The summed E-state index contributed by atoms with van der Waals surface area (Å²) in [6.45, 7) is 2.61. The van der Waals surface area contributed by atoms with Gasteiger partial charge >= 0.3 is 5.97 Å². The predicted octanol–water partition coefficient (Wildman–Crippen LogP) is 7.32. The van der Waals surface area contributed by atoms with Crippen molar-refractivity contribution in [2.24, 2.45) is 0 Å². The molecule has 2 heterocycles. The van der Waals surface area contributed by atoms with E-state index in [1.54, 1.807) is 28.2 Å². The number of rotatable bonds is 6. The monoisotopic (exact) mass is 600 g/mol. The number of ether oxygens (including phenoxy) is 1. The lowest BCUT2D eigenvalue weighted by molar-refractivity contribution is 0.0527. The third-order valence-corrected chi connectivity index (χ3v) is 8.00. The van der Waals surface area contributed by atoms with E-state index in [4.69, 9.17) is 40.2 Å². The molecule has 0 bridgehead atoms. The van der Waals surface area contributed by atoms with Gasteiger partial charge in [0.25, 0.3) is 0 Å². The van der Waals surface area contributed by atoms with E-state index in [1.165, 1.54) is 11.3 Å². The van der Waals surface area contributed by atoms with Crippen LogP contribution in [0, 0.1) is 0 Å². The standard InChI is InChI=1S/C23H23BrCl2N4O2S2/c1-2-32-22(31)19-15-6-4-3-5-7-18(15)34-21(19)28-23(33)27-20-16(24)12-30(29-20)11-13-8-9-14(25)10-17(13)26/h8-10,12H,2-7,11H2,1H3,(H2,27,28,29,33). The molecule has 0 fully saturated rings. The molecule has 0 spiro atoms. The predicted molar refractivity (Wildman–Crippen MR) is 147 cm³/mol. The van der Waals surface area contributed by atoms with Crippen LogP contribution in [0.3, 0.4) is 0 Å². The van der Waals surface area contributed by atoms with E-state index in [1.807, 2.05) is 19.2 Å². The van der Waals surface area contributed by atoms with Crippen molar-refractivity contribution >= 4 is 84.6 Å². The van der Waals surface area contributed by atoms with Crippen LogP contribution < -0.4 is 10.6 Å². The van der Waals surface area contributed by atoms with Crippen LogP contribution in [0.25, 0.3) is 0 Å². The largest absolute Gasteiger partial charge is 0.462 e. The molecule has 2 N–H and O–H groups in total. The first-order chi connectivity index (χ1) is 16.4. The second kappa shape index (κ2) is 11.4. The third-order valence-electron chi connectivity index (χ3n) is 5.42. The lowest BCUT2D eigenvalue weighted by atomic mass is 10.1. The summed E-state index contributed by atoms with van der Waals surface area (Å²) in [6.07, 6.45) is 7.06. The Morgan fingerprint density at radius 1 is 1.26 bits per heavy atom. The first-order valence-corrected chi connectivity index (χ1v) is 13.7. The van der Waals surface area contributed by atoms with E-state index >= 15 is 0 Å². The SMILES string of the molecule is CCOC(=O)c1c(NC(=S)Nc2nn(Cc3ccc(Cl)cc3Cl)cc2Br)sc2c1CCCCC2. The Balaban J connectivity index is 1.50. The number of aromatic nitrogens is 2. The summed E-state index contributed by atoms with van der Waals surface area (Å²) in [5.41, 5.74) is 2.60. The molecule has 11 heteroatoms. The van der Waals surface area contributed by atoms with Crippen LogP contribution in [-0.4, -0.2) is 27.5 Å². The highest BCUT2D eigenvalue weighted by Crippen LogP contribution is 2.38. The van der Waals surface area contributed by atoms with Gasteiger partial charge in [-0.15, -0.1) is 11.3 Å². The number of nitrogens with one attached hydrogen (secondary N) is 2. The second-order valence-corrected chi connectivity index (χ2v) is 11.0. The van der Waals surface area contributed by atoms with Crippen molar-refractivity contribution in [3.63, 3.8) is 0 Å². The third kappa shape index (κ3) is 5.94. The molecule has 34 heavy (non-hydrogen) atoms. The average Bonchev–Trinajstić information content (AvgIpc) is 3.19. The minimum absolute atomic E-state index is 0.308. The van der Waals surface area contributed by atoms with Crippen molar-refractivity contribution in [3.8, 4) is 0 Å². The fraction of sp³-hybridized carbons (Fsp3) is 0.348. The van der Waals surface area contributed by atoms with Crippen molar-refractivity contribution in [3.05, 3.63) is 60.5 Å². The van der Waals surface area contributed by atoms with Crippen molar-refractivity contribution in [1.29, 1.82) is 0 Å². The van der Waals surface area contributed by atoms with Gasteiger partial charge in [-0.2, -0.15) is 5.10 Å². The fourth-order valence-electron chi connectivity index (χ4n) is 3.88. The molecule has 4 rings (SSSR count). The number of carbonyl (C=O) groups is 1. The van der Waals surface area contributed by atoms with Crippen LogP contribution >= 0.6 is 62.7 Å². The number of thiophene rings is 1. The van der Waals surface area contributed by atoms with E-state index in [0.29, 0.717) is 44.7 Å². The molecule has 1 aliphatic carbocycles. The molecule has 1 aromatic carbocycles. The molecule has 0 atom stereocenters. The maximum absolute atomic E-state index is 12.8. The molecular weight excluding hydrogens is 579 g/mol. The molecule has 0 amide bonds. The Morgan fingerprint density at radius 2 is 2.06 bits per heavy atom.